The summed E-state index contributed by atoms with van der Waals surface area (Å²) >= 11 is 0.929. The number of nitrogens with zero attached hydrogens (tertiary/aromatic N) is 5. The molecule has 0 unspecified atom stereocenters. The topological polar surface area (TPSA) is 85.6 Å². The number of carbonyl (C=O) groups is 1. The first-order valence-corrected chi connectivity index (χ1v) is 8.56. The van der Waals surface area contributed by atoms with E-state index in [-0.39, 0.29) is 29.7 Å². The second-order valence-electron chi connectivity index (χ2n) is 5.78. The van der Waals surface area contributed by atoms with Gasteiger partial charge in [0.2, 0.25) is 5.91 Å². The fourth-order valence-electron chi connectivity index (χ4n) is 2.33. The van der Waals surface area contributed by atoms with Crippen molar-refractivity contribution < 1.29 is 31.1 Å². The monoisotopic (exact) mass is 436 g/mol. The van der Waals surface area contributed by atoms with Gasteiger partial charge in [-0.2, -0.15) is 26.3 Å². The number of nitrogens with one attached hydrogen (secondary N) is 1. The van der Waals surface area contributed by atoms with Crippen LogP contribution in [0.5, 0.6) is 0 Å². The van der Waals surface area contributed by atoms with E-state index in [0.717, 1.165) is 16.0 Å². The van der Waals surface area contributed by atoms with E-state index >= 15 is 0 Å². The van der Waals surface area contributed by atoms with E-state index in [1.807, 2.05) is 0 Å². The predicted octanol–water partition coefficient (Wildman–Crippen LogP) is 3.40. The minimum absolute atomic E-state index is 0.0703. The van der Waals surface area contributed by atoms with Gasteiger partial charge >= 0.3 is 12.4 Å². The van der Waals surface area contributed by atoms with Gasteiger partial charge in [-0.25, -0.2) is 9.67 Å². The number of thiazole rings is 1. The minimum atomic E-state index is -4.92. The van der Waals surface area contributed by atoms with Crippen LogP contribution in [0, 0.1) is 0 Å². The molecule has 2 heterocycles. The molecule has 0 fully saturated rings. The molecule has 0 atom stereocenters. The van der Waals surface area contributed by atoms with Gasteiger partial charge in [0.25, 0.3) is 0 Å². The van der Waals surface area contributed by atoms with Crippen molar-refractivity contribution in [2.45, 2.75) is 25.3 Å². The molecule has 0 radical (unpaired) electrons. The zero-order chi connectivity index (χ0) is 21.2. The first-order valence-electron chi connectivity index (χ1n) is 7.74. The summed E-state index contributed by atoms with van der Waals surface area (Å²) < 4.78 is 78.8. The predicted molar refractivity (Wildman–Crippen MR) is 87.8 cm³/mol. The normalized spacial score (nSPS) is 12.2. The fraction of sp³-hybridized carbons (Fsp3) is 0.267. The number of carbonyl (C=O) groups excluding carboxylic acids is 1. The maximum atomic E-state index is 12.9. The number of alkyl halides is 6. The van der Waals surface area contributed by atoms with E-state index in [2.05, 4.69) is 25.8 Å². The third-order valence-electron chi connectivity index (χ3n) is 3.52. The Kier molecular flexibility index (Phi) is 5.55. The zero-order valence-corrected chi connectivity index (χ0v) is 14.9. The third kappa shape index (κ3) is 5.49. The Hall–Kier alpha value is -3.03. The Morgan fingerprint density at radius 3 is 2.28 bits per heavy atom. The van der Waals surface area contributed by atoms with Crippen LogP contribution in [0.25, 0.3) is 0 Å². The average Bonchev–Trinajstić information content (AvgIpc) is 3.25. The van der Waals surface area contributed by atoms with Gasteiger partial charge < -0.3 is 5.32 Å². The summed E-state index contributed by atoms with van der Waals surface area (Å²) in [5.41, 5.74) is -2.95. The van der Waals surface area contributed by atoms with Crippen molar-refractivity contribution in [1.82, 2.24) is 25.2 Å². The number of anilines is 1. The highest BCUT2D eigenvalue weighted by molar-refractivity contribution is 7.15. The Bertz CT molecular complexity index is 965. The van der Waals surface area contributed by atoms with Crippen molar-refractivity contribution in [3.63, 3.8) is 0 Å². The standard InChI is InChI=1S/C15H10F6N6OS/c16-14(17,18)9-1-8(2-10(4-9)15(19,20)21)3-11-5-22-13(29-11)24-12(28)6-27-7-23-25-26-27/h1-2,4-5,7H,3,6H2,(H,22,24,28). The molecule has 7 nitrogen and oxygen atoms in total. The quantitative estimate of drug-likeness (QED) is 0.620. The molecule has 0 bridgehead atoms. The van der Waals surface area contributed by atoms with Crippen LogP contribution in [0.3, 0.4) is 0 Å². The summed E-state index contributed by atoms with van der Waals surface area (Å²) in [5.74, 6) is -0.503. The number of benzene rings is 1. The molecule has 1 N–H and O–H groups in total. The van der Waals surface area contributed by atoms with Gasteiger partial charge in [0.15, 0.2) is 5.13 Å². The van der Waals surface area contributed by atoms with Gasteiger partial charge in [-0.05, 0) is 34.2 Å². The highest BCUT2D eigenvalue weighted by Gasteiger charge is 2.36. The fourth-order valence-corrected chi connectivity index (χ4v) is 3.19. The molecule has 3 aromatic rings. The summed E-state index contributed by atoms with van der Waals surface area (Å²) in [4.78, 5) is 16.1. The van der Waals surface area contributed by atoms with Crippen LogP contribution in [0.15, 0.2) is 30.7 Å². The third-order valence-corrected chi connectivity index (χ3v) is 4.44. The van der Waals surface area contributed by atoms with Crippen LogP contribution in [-0.4, -0.2) is 31.1 Å². The lowest BCUT2D eigenvalue weighted by molar-refractivity contribution is -0.143. The van der Waals surface area contributed by atoms with Crippen LogP contribution in [0.2, 0.25) is 0 Å². The van der Waals surface area contributed by atoms with E-state index in [1.54, 1.807) is 0 Å². The number of hydrogen-bond donors (Lipinski definition) is 1. The average molecular weight is 436 g/mol. The molecule has 1 amide bonds. The lowest BCUT2D eigenvalue weighted by Crippen LogP contribution is -2.18. The van der Waals surface area contributed by atoms with Crippen molar-refractivity contribution in [3.05, 3.63) is 52.3 Å². The first-order chi connectivity index (χ1) is 13.5. The largest absolute Gasteiger partial charge is 0.416 e. The molecule has 2 aromatic heterocycles. The second kappa shape index (κ2) is 7.77. The minimum Gasteiger partial charge on any atom is -0.300 e. The van der Waals surface area contributed by atoms with Gasteiger partial charge in [0.05, 0.1) is 11.1 Å². The Morgan fingerprint density at radius 1 is 1.07 bits per heavy atom. The molecule has 3 rings (SSSR count). The molecule has 0 aliphatic heterocycles. The first kappa shape index (κ1) is 20.7. The van der Waals surface area contributed by atoms with Gasteiger partial charge in [-0.1, -0.05) is 0 Å². The molecule has 14 heteroatoms. The van der Waals surface area contributed by atoms with Gasteiger partial charge in [0.1, 0.15) is 12.9 Å². The molecule has 0 saturated heterocycles. The van der Waals surface area contributed by atoms with Crippen LogP contribution in [-0.2, 0) is 30.1 Å². The summed E-state index contributed by atoms with van der Waals surface area (Å²) in [5, 5.41) is 12.8. The smallest absolute Gasteiger partial charge is 0.300 e. The van der Waals surface area contributed by atoms with E-state index < -0.39 is 29.4 Å². The second-order valence-corrected chi connectivity index (χ2v) is 6.89. The van der Waals surface area contributed by atoms with Crippen LogP contribution in [0.1, 0.15) is 21.6 Å². The number of rotatable bonds is 5. The maximum absolute atomic E-state index is 12.9. The van der Waals surface area contributed by atoms with Crippen molar-refractivity contribution in [2.24, 2.45) is 0 Å². The van der Waals surface area contributed by atoms with Gasteiger partial charge in [-0.3, -0.25) is 4.79 Å². The van der Waals surface area contributed by atoms with Gasteiger partial charge in [-0.15, -0.1) is 16.4 Å². The van der Waals surface area contributed by atoms with E-state index in [0.29, 0.717) is 17.0 Å². The number of hydrogen-bond acceptors (Lipinski definition) is 6. The van der Waals surface area contributed by atoms with Crippen LogP contribution >= 0.6 is 11.3 Å². The Labute approximate surface area is 162 Å². The molecule has 0 spiro atoms. The summed E-state index contributed by atoms with van der Waals surface area (Å²) in [6.07, 6.45) is -7.56. The maximum Gasteiger partial charge on any atom is 0.416 e. The molecule has 29 heavy (non-hydrogen) atoms. The van der Waals surface area contributed by atoms with Crippen molar-refractivity contribution in [3.8, 4) is 0 Å². The number of aromatic nitrogens is 5. The molecule has 1 aromatic carbocycles. The lowest BCUT2D eigenvalue weighted by atomic mass is 10.0. The summed E-state index contributed by atoms with van der Waals surface area (Å²) in [6, 6.07) is 1.39. The van der Waals surface area contributed by atoms with E-state index in [1.165, 1.54) is 12.5 Å². The summed E-state index contributed by atoms with van der Waals surface area (Å²) in [7, 11) is 0. The number of amides is 1. The lowest BCUT2D eigenvalue weighted by Gasteiger charge is -2.13. The van der Waals surface area contributed by atoms with Crippen LogP contribution in [0.4, 0.5) is 31.5 Å². The van der Waals surface area contributed by atoms with E-state index in [9.17, 15) is 31.1 Å². The Morgan fingerprint density at radius 2 is 1.72 bits per heavy atom. The molecule has 0 aliphatic rings. The van der Waals surface area contributed by atoms with E-state index in [4.69, 9.17) is 0 Å². The van der Waals surface area contributed by atoms with Gasteiger partial charge in [0, 0.05) is 17.5 Å². The number of tetrazole rings is 1. The SMILES string of the molecule is O=C(Cn1cnnn1)Nc1ncc(Cc2cc(C(F)(F)F)cc(C(F)(F)F)c2)s1. The molecular formula is C15H10F6N6OS. The Balaban J connectivity index is 1.75. The zero-order valence-electron chi connectivity index (χ0n) is 14.1. The molecular weight excluding hydrogens is 426 g/mol. The van der Waals surface area contributed by atoms with Crippen molar-refractivity contribution in [1.29, 1.82) is 0 Å². The summed E-state index contributed by atoms with van der Waals surface area (Å²) in [6.45, 7) is -0.190. The highest BCUT2D eigenvalue weighted by Crippen LogP contribution is 2.37. The molecule has 154 valence electrons. The van der Waals surface area contributed by atoms with Crippen LogP contribution < -0.4 is 5.32 Å². The van der Waals surface area contributed by atoms with Crippen molar-refractivity contribution in [2.75, 3.05) is 5.32 Å². The number of halogens is 6. The molecule has 0 aliphatic carbocycles. The molecule has 0 saturated carbocycles. The van der Waals surface area contributed by atoms with Crippen molar-refractivity contribution >= 4 is 22.4 Å². The highest BCUT2D eigenvalue weighted by atomic mass is 32.1.